The monoisotopic (exact) mass is 738 g/mol. The van der Waals surface area contributed by atoms with Gasteiger partial charge in [0.1, 0.15) is 5.37 Å². The van der Waals surface area contributed by atoms with Crippen LogP contribution in [0.4, 0.5) is 22.7 Å². The molecular weight excluding hydrogens is 705 g/mol. The molecule has 0 saturated carbocycles. The van der Waals surface area contributed by atoms with Crippen LogP contribution in [-0.2, 0) is 0 Å². The zero-order valence-corrected chi connectivity index (χ0v) is 31.4. The summed E-state index contributed by atoms with van der Waals surface area (Å²) in [5.41, 5.74) is 10.8. The molecule has 0 aliphatic carbocycles. The van der Waals surface area contributed by atoms with Crippen molar-refractivity contribution in [2.75, 3.05) is 10.2 Å². The summed E-state index contributed by atoms with van der Waals surface area (Å²) in [5.74, 6) is 0. The van der Waals surface area contributed by atoms with Crippen molar-refractivity contribution in [1.29, 1.82) is 0 Å². The first-order valence-electron chi connectivity index (χ1n) is 18.7. The highest BCUT2D eigenvalue weighted by molar-refractivity contribution is 8.00. The summed E-state index contributed by atoms with van der Waals surface area (Å²) in [7, 11) is 0. The van der Waals surface area contributed by atoms with Crippen molar-refractivity contribution < 1.29 is 0 Å². The number of hydrogen-bond acceptors (Lipinski definition) is 4. The summed E-state index contributed by atoms with van der Waals surface area (Å²) in [6.45, 7) is 0. The lowest BCUT2D eigenvalue weighted by molar-refractivity contribution is 1.14. The Hall–Kier alpha value is -6.33. The smallest absolute Gasteiger partial charge is 0.103 e. The second-order valence-electron chi connectivity index (χ2n) is 14.2. The molecule has 0 fully saturated rings. The number of nitrogens with zero attached hydrogens (tertiary/aromatic N) is 1. The van der Waals surface area contributed by atoms with Gasteiger partial charge in [-0.15, -0.1) is 11.3 Å². The highest BCUT2D eigenvalue weighted by Crippen LogP contribution is 2.52. The molecule has 1 N–H and O–H groups in total. The number of anilines is 4. The predicted molar refractivity (Wildman–Crippen MR) is 239 cm³/mol. The van der Waals surface area contributed by atoms with Crippen LogP contribution in [0.15, 0.2) is 199 Å². The Balaban J connectivity index is 1.08. The van der Waals surface area contributed by atoms with Crippen LogP contribution in [0.2, 0.25) is 0 Å². The first-order valence-corrected chi connectivity index (χ1v) is 20.4. The third kappa shape index (κ3) is 5.65. The fraction of sp³-hybridized carbons (Fsp3) is 0.0196. The molecule has 9 aromatic carbocycles. The normalized spacial score (nSPS) is 13.7. The maximum Gasteiger partial charge on any atom is 0.103 e. The Morgan fingerprint density at radius 1 is 0.436 bits per heavy atom. The third-order valence-corrected chi connectivity index (χ3v) is 13.2. The van der Waals surface area contributed by atoms with Gasteiger partial charge in [0.05, 0.1) is 11.4 Å². The lowest BCUT2D eigenvalue weighted by Gasteiger charge is -2.27. The molecule has 2 nitrogen and oxygen atoms in total. The number of rotatable bonds is 6. The van der Waals surface area contributed by atoms with Gasteiger partial charge in [0.15, 0.2) is 0 Å². The van der Waals surface area contributed by atoms with E-state index in [1.807, 2.05) is 23.1 Å². The van der Waals surface area contributed by atoms with E-state index in [0.717, 1.165) is 11.4 Å². The van der Waals surface area contributed by atoms with Gasteiger partial charge < -0.3 is 10.2 Å². The van der Waals surface area contributed by atoms with Crippen LogP contribution in [0.25, 0.3) is 64.0 Å². The molecule has 1 atom stereocenters. The molecule has 1 aromatic heterocycles. The van der Waals surface area contributed by atoms with Gasteiger partial charge in [-0.3, -0.25) is 0 Å². The van der Waals surface area contributed by atoms with E-state index in [-0.39, 0.29) is 5.37 Å². The second-order valence-corrected chi connectivity index (χ2v) is 16.4. The Kier molecular flexibility index (Phi) is 7.71. The minimum absolute atomic E-state index is 0.202. The van der Waals surface area contributed by atoms with E-state index in [0.29, 0.717) is 0 Å². The van der Waals surface area contributed by atoms with E-state index in [9.17, 15) is 0 Å². The standard InChI is InChI=1S/C51H34N2S2/c1-3-11-33(12-4-1)34-21-23-35(24-22-34)38-16-9-17-40(29-38)53(41-27-28-43-39(30-41)26-25-36-13-7-8-18-42(36)43)46-19-10-20-47-50(46)44-31-49-45(32-48(44)54-47)52-51(55-49)37-14-5-2-6-15-37/h1-32,51-52H. The average Bonchev–Trinajstić information content (AvgIpc) is 3.84. The van der Waals surface area contributed by atoms with Crippen LogP contribution in [0, 0.1) is 0 Å². The van der Waals surface area contributed by atoms with E-state index < -0.39 is 0 Å². The summed E-state index contributed by atoms with van der Waals surface area (Å²) < 4.78 is 2.57. The number of thioether (sulfide) groups is 1. The van der Waals surface area contributed by atoms with Crippen molar-refractivity contribution in [3.05, 3.63) is 200 Å². The molecule has 0 bridgehead atoms. The number of thiophene rings is 1. The van der Waals surface area contributed by atoms with Crippen molar-refractivity contribution in [3.63, 3.8) is 0 Å². The van der Waals surface area contributed by atoms with Crippen molar-refractivity contribution >= 4 is 87.6 Å². The maximum atomic E-state index is 3.80. The van der Waals surface area contributed by atoms with E-state index >= 15 is 0 Å². The molecule has 0 spiro atoms. The lowest BCUT2D eigenvalue weighted by Crippen LogP contribution is -2.10. The molecule has 0 amide bonds. The van der Waals surface area contributed by atoms with Crippen molar-refractivity contribution in [3.8, 4) is 22.3 Å². The minimum Gasteiger partial charge on any atom is -0.368 e. The number of nitrogens with one attached hydrogen (secondary N) is 1. The minimum atomic E-state index is 0.202. The van der Waals surface area contributed by atoms with Gasteiger partial charge >= 0.3 is 0 Å². The average molecular weight is 739 g/mol. The van der Waals surface area contributed by atoms with Crippen LogP contribution in [0.1, 0.15) is 10.9 Å². The zero-order valence-electron chi connectivity index (χ0n) is 29.8. The summed E-state index contributed by atoms with van der Waals surface area (Å²) >= 11 is 3.78. The van der Waals surface area contributed by atoms with Gasteiger partial charge in [0, 0.05) is 36.4 Å². The van der Waals surface area contributed by atoms with Crippen molar-refractivity contribution in [2.45, 2.75) is 10.3 Å². The fourth-order valence-corrected chi connectivity index (χ4v) is 10.5. The van der Waals surface area contributed by atoms with Crippen LogP contribution < -0.4 is 10.2 Å². The molecule has 260 valence electrons. The lowest BCUT2D eigenvalue weighted by atomic mass is 9.99. The van der Waals surface area contributed by atoms with E-state index in [4.69, 9.17) is 0 Å². The number of fused-ring (bicyclic) bond motifs is 7. The largest absolute Gasteiger partial charge is 0.368 e. The molecule has 0 saturated heterocycles. The van der Waals surface area contributed by atoms with Gasteiger partial charge in [-0.25, -0.2) is 0 Å². The molecule has 2 heterocycles. The Labute approximate surface area is 328 Å². The molecule has 1 unspecified atom stereocenters. The summed E-state index contributed by atoms with van der Waals surface area (Å²) in [4.78, 5) is 3.76. The van der Waals surface area contributed by atoms with Crippen LogP contribution in [0.3, 0.4) is 0 Å². The van der Waals surface area contributed by atoms with Crippen LogP contribution in [-0.4, -0.2) is 0 Å². The second kappa shape index (κ2) is 13.2. The Morgan fingerprint density at radius 2 is 1.11 bits per heavy atom. The van der Waals surface area contributed by atoms with Crippen molar-refractivity contribution in [2.24, 2.45) is 0 Å². The van der Waals surface area contributed by atoms with Crippen molar-refractivity contribution in [1.82, 2.24) is 0 Å². The summed E-state index contributed by atoms with van der Waals surface area (Å²) in [6.07, 6.45) is 0. The maximum absolute atomic E-state index is 3.80. The van der Waals surface area contributed by atoms with Gasteiger partial charge in [-0.1, -0.05) is 157 Å². The highest BCUT2D eigenvalue weighted by Gasteiger charge is 2.26. The van der Waals surface area contributed by atoms with E-state index in [1.165, 1.54) is 85.8 Å². The highest BCUT2D eigenvalue weighted by atomic mass is 32.2. The quantitative estimate of drug-likeness (QED) is 0.171. The van der Waals surface area contributed by atoms with Crippen LogP contribution in [0.5, 0.6) is 0 Å². The molecule has 11 rings (SSSR count). The zero-order chi connectivity index (χ0) is 36.3. The molecule has 55 heavy (non-hydrogen) atoms. The first-order chi connectivity index (χ1) is 27.2. The van der Waals surface area contributed by atoms with Gasteiger partial charge in [0.2, 0.25) is 0 Å². The van der Waals surface area contributed by atoms with Gasteiger partial charge in [0.25, 0.3) is 0 Å². The third-order valence-electron chi connectivity index (χ3n) is 10.9. The summed E-state index contributed by atoms with van der Waals surface area (Å²) in [6, 6.07) is 71.0. The molecule has 0 radical (unpaired) electrons. The predicted octanol–water partition coefficient (Wildman–Crippen LogP) is 15.4. The summed E-state index contributed by atoms with van der Waals surface area (Å²) in [5, 5.41) is 11.6. The first kappa shape index (κ1) is 32.1. The molecular formula is C51H34N2S2. The topological polar surface area (TPSA) is 15.3 Å². The Morgan fingerprint density at radius 3 is 1.96 bits per heavy atom. The van der Waals surface area contributed by atoms with Crippen LogP contribution >= 0.6 is 23.1 Å². The molecule has 4 heteroatoms. The molecule has 10 aromatic rings. The number of hydrogen-bond donors (Lipinski definition) is 1. The van der Waals surface area contributed by atoms with Gasteiger partial charge in [-0.05, 0) is 97.9 Å². The number of benzene rings is 9. The SMILES string of the molecule is c1ccc(-c2ccc(-c3cccc(N(c4ccc5c(ccc6ccccc65)c4)c4cccc5sc6cc7c(cc6c45)SC(c4ccccc4)N7)c3)cc2)cc1. The molecule has 1 aliphatic heterocycles. The van der Waals surface area contributed by atoms with E-state index in [1.54, 1.807) is 0 Å². The Bertz CT molecular complexity index is 3040. The fourth-order valence-electron chi connectivity index (χ4n) is 8.18. The van der Waals surface area contributed by atoms with E-state index in [2.05, 4.69) is 204 Å². The molecule has 1 aliphatic rings. The van der Waals surface area contributed by atoms with Gasteiger partial charge in [-0.2, -0.15) is 0 Å².